The van der Waals surface area contributed by atoms with Gasteiger partial charge in [-0.2, -0.15) is 0 Å². The minimum atomic E-state index is -4.96. The molecule has 0 amide bonds. The van der Waals surface area contributed by atoms with Crippen molar-refractivity contribution in [2.75, 3.05) is 39.6 Å². The smallest absolute Gasteiger partial charge is 0.462 e. The second-order valence-electron chi connectivity index (χ2n) is 28.7. The number of carbonyl (C=O) groups is 4. The Kier molecular flexibility index (Phi) is 67.4. The number of phosphoric ester groups is 2. The van der Waals surface area contributed by atoms with Crippen LogP contribution in [0.1, 0.15) is 401 Å². The second kappa shape index (κ2) is 68.8. The van der Waals surface area contributed by atoms with E-state index in [9.17, 15) is 43.2 Å². The summed E-state index contributed by atoms with van der Waals surface area (Å²) in [4.78, 5) is 72.6. The average Bonchev–Trinajstić information content (AvgIpc) is 1.14. The van der Waals surface area contributed by atoms with E-state index in [-0.39, 0.29) is 25.7 Å². The normalized spacial score (nSPS) is 14.0. The van der Waals surface area contributed by atoms with Crippen molar-refractivity contribution in [2.24, 2.45) is 11.8 Å². The number of unbranched alkanes of at least 4 members (excludes halogenated alkanes) is 46. The number of carbonyl (C=O) groups excluding carboxylic acids is 4. The molecule has 0 aliphatic carbocycles. The molecule has 17 nitrogen and oxygen atoms in total. The van der Waals surface area contributed by atoms with Gasteiger partial charge >= 0.3 is 39.5 Å². The Morgan fingerprint density at radius 2 is 0.479 bits per heavy atom. The highest BCUT2D eigenvalue weighted by molar-refractivity contribution is 7.47. The summed E-state index contributed by atoms with van der Waals surface area (Å²) in [5.74, 6) is -0.565. The number of phosphoric acid groups is 2. The van der Waals surface area contributed by atoms with E-state index in [4.69, 9.17) is 37.0 Å². The van der Waals surface area contributed by atoms with Crippen molar-refractivity contribution < 1.29 is 80.2 Å². The Bertz CT molecular complexity index is 1860. The highest BCUT2D eigenvalue weighted by atomic mass is 31.2. The summed E-state index contributed by atoms with van der Waals surface area (Å²) >= 11 is 0. The van der Waals surface area contributed by atoms with Gasteiger partial charge in [-0.15, -0.1) is 0 Å². The van der Waals surface area contributed by atoms with Crippen molar-refractivity contribution in [1.29, 1.82) is 0 Å². The lowest BCUT2D eigenvalue weighted by Crippen LogP contribution is -2.30. The summed E-state index contributed by atoms with van der Waals surface area (Å²) in [6, 6.07) is 0. The van der Waals surface area contributed by atoms with Gasteiger partial charge < -0.3 is 33.8 Å². The van der Waals surface area contributed by atoms with E-state index in [1.807, 2.05) is 0 Å². The minimum absolute atomic E-state index is 0.105. The molecule has 0 heterocycles. The quantitative estimate of drug-likeness (QED) is 0.0222. The predicted molar refractivity (Wildman–Crippen MR) is 391 cm³/mol. The Morgan fingerprint density at radius 3 is 0.708 bits per heavy atom. The molecule has 0 fully saturated rings. The van der Waals surface area contributed by atoms with Crippen molar-refractivity contribution >= 4 is 39.5 Å². The van der Waals surface area contributed by atoms with Gasteiger partial charge in [-0.1, -0.05) is 350 Å². The van der Waals surface area contributed by atoms with Crippen LogP contribution in [0.2, 0.25) is 0 Å². The van der Waals surface area contributed by atoms with Gasteiger partial charge in [0.1, 0.15) is 19.3 Å². The largest absolute Gasteiger partial charge is 0.472 e. The van der Waals surface area contributed by atoms with Gasteiger partial charge in [-0.25, -0.2) is 9.13 Å². The number of hydrogen-bond acceptors (Lipinski definition) is 15. The van der Waals surface area contributed by atoms with Gasteiger partial charge in [-0.3, -0.25) is 37.3 Å². The molecular formula is C77H150O17P2. The van der Waals surface area contributed by atoms with Crippen molar-refractivity contribution in [3.05, 3.63) is 0 Å². The van der Waals surface area contributed by atoms with Gasteiger partial charge in [0.05, 0.1) is 26.4 Å². The van der Waals surface area contributed by atoms with Crippen molar-refractivity contribution in [3.63, 3.8) is 0 Å². The van der Waals surface area contributed by atoms with Crippen LogP contribution in [0.3, 0.4) is 0 Å². The lowest BCUT2D eigenvalue weighted by molar-refractivity contribution is -0.161. The predicted octanol–water partition coefficient (Wildman–Crippen LogP) is 22.7. The van der Waals surface area contributed by atoms with Crippen molar-refractivity contribution in [3.8, 4) is 0 Å². The molecular weight excluding hydrogens is 1260 g/mol. The summed E-state index contributed by atoms with van der Waals surface area (Å²) < 4.78 is 68.3. The lowest BCUT2D eigenvalue weighted by atomic mass is 10.0. The molecule has 0 aliphatic heterocycles. The molecule has 0 aromatic rings. The van der Waals surface area contributed by atoms with Gasteiger partial charge in [0.15, 0.2) is 12.2 Å². The van der Waals surface area contributed by atoms with Crippen LogP contribution < -0.4 is 0 Å². The van der Waals surface area contributed by atoms with Crippen LogP contribution in [-0.2, 0) is 65.4 Å². The van der Waals surface area contributed by atoms with Gasteiger partial charge in [-0.05, 0) is 37.5 Å². The summed E-state index contributed by atoms with van der Waals surface area (Å²) in [6.07, 6.45) is 57.4. The van der Waals surface area contributed by atoms with E-state index in [0.717, 1.165) is 108 Å². The summed E-state index contributed by atoms with van der Waals surface area (Å²) in [5, 5.41) is 10.6. The molecule has 96 heavy (non-hydrogen) atoms. The third-order valence-electron chi connectivity index (χ3n) is 18.0. The third-order valence-corrected chi connectivity index (χ3v) is 19.9. The van der Waals surface area contributed by atoms with E-state index >= 15 is 0 Å². The Hall–Kier alpha value is -1.94. The van der Waals surface area contributed by atoms with Crippen LogP contribution in [0, 0.1) is 11.8 Å². The van der Waals surface area contributed by atoms with Crippen molar-refractivity contribution in [1.82, 2.24) is 0 Å². The summed E-state index contributed by atoms with van der Waals surface area (Å²) in [6.45, 7) is 9.53. The SMILES string of the molecule is CCCCCCCCCCCCCCCCCCCCCC(=O)OC[C@H](COP(=O)(O)OC[C@@H](O)COP(=O)(O)OC[C@@H](COC(=O)CCCCCCC)OC(=O)CCCCCCCCCCCCC(C)C)OC(=O)CCCCCCCCCCCCCCCCCCC(C)C. The Balaban J connectivity index is 5.13. The first kappa shape index (κ1) is 94.1. The second-order valence-corrected chi connectivity index (χ2v) is 31.6. The molecule has 0 aliphatic rings. The minimum Gasteiger partial charge on any atom is -0.462 e. The Morgan fingerprint density at radius 1 is 0.281 bits per heavy atom. The molecule has 2 unspecified atom stereocenters. The maximum atomic E-state index is 13.1. The molecule has 0 aromatic heterocycles. The monoisotopic (exact) mass is 1410 g/mol. The molecule has 0 aromatic carbocycles. The van der Waals surface area contributed by atoms with E-state index in [2.05, 4.69) is 41.5 Å². The van der Waals surface area contributed by atoms with Gasteiger partial charge in [0, 0.05) is 25.7 Å². The summed E-state index contributed by atoms with van der Waals surface area (Å²) in [5.41, 5.74) is 0. The molecule has 5 atom stereocenters. The number of rotatable bonds is 76. The van der Waals surface area contributed by atoms with Crippen LogP contribution >= 0.6 is 15.6 Å². The zero-order valence-corrected chi connectivity index (χ0v) is 64.5. The van der Waals surface area contributed by atoms with Crippen LogP contribution in [-0.4, -0.2) is 96.7 Å². The first-order valence-corrected chi connectivity index (χ1v) is 43.0. The van der Waals surface area contributed by atoms with Crippen LogP contribution in [0.4, 0.5) is 0 Å². The standard InChI is InChI=1S/C77H150O17P2/c1-7-9-11-13-14-15-16-17-18-19-20-21-25-28-31-37-42-48-54-60-75(80)88-66-73(94-77(82)61-55-49-43-38-32-29-26-23-22-24-27-30-35-40-46-51-57-69(3)4)68-92-96(85,86)90-64-71(78)63-89-95(83,84)91-67-72(65-87-74(79)59-53-45-12-10-8-2)93-76(81)62-56-50-44-39-34-33-36-41-47-52-58-70(5)6/h69-73,78H,7-68H2,1-6H3,(H,83,84)(H,85,86)/t71-,72+,73+/m0/s1. The molecule has 0 rings (SSSR count). The van der Waals surface area contributed by atoms with Crippen molar-refractivity contribution in [2.45, 2.75) is 419 Å². The zero-order valence-electron chi connectivity index (χ0n) is 62.7. The van der Waals surface area contributed by atoms with E-state index in [1.165, 1.54) is 212 Å². The molecule has 0 saturated carbocycles. The molecule has 570 valence electrons. The molecule has 19 heteroatoms. The first-order valence-electron chi connectivity index (χ1n) is 40.0. The maximum Gasteiger partial charge on any atom is 0.472 e. The Labute approximate surface area is 588 Å². The average molecular weight is 1410 g/mol. The van der Waals surface area contributed by atoms with E-state index in [0.29, 0.717) is 25.7 Å². The number of esters is 4. The lowest BCUT2D eigenvalue weighted by Gasteiger charge is -2.21. The van der Waals surface area contributed by atoms with Crippen LogP contribution in [0.5, 0.6) is 0 Å². The fourth-order valence-corrected chi connectivity index (χ4v) is 13.4. The van der Waals surface area contributed by atoms with Crippen LogP contribution in [0.15, 0.2) is 0 Å². The maximum absolute atomic E-state index is 13.1. The third kappa shape index (κ3) is 70.5. The van der Waals surface area contributed by atoms with Gasteiger partial charge in [0.25, 0.3) is 0 Å². The molecule has 3 N–H and O–H groups in total. The number of aliphatic hydroxyl groups is 1. The highest BCUT2D eigenvalue weighted by Crippen LogP contribution is 2.45. The first-order chi connectivity index (χ1) is 46.4. The molecule has 0 saturated heterocycles. The van der Waals surface area contributed by atoms with E-state index < -0.39 is 97.5 Å². The van der Waals surface area contributed by atoms with Crippen LogP contribution in [0.25, 0.3) is 0 Å². The highest BCUT2D eigenvalue weighted by Gasteiger charge is 2.30. The number of aliphatic hydroxyl groups excluding tert-OH is 1. The fraction of sp³-hybridized carbons (Fsp3) is 0.948. The molecule has 0 spiro atoms. The molecule has 0 radical (unpaired) electrons. The number of ether oxygens (including phenoxy) is 4. The van der Waals surface area contributed by atoms with E-state index in [1.54, 1.807) is 0 Å². The summed E-state index contributed by atoms with van der Waals surface area (Å²) in [7, 11) is -9.90. The number of hydrogen-bond donors (Lipinski definition) is 3. The topological polar surface area (TPSA) is 237 Å². The zero-order chi connectivity index (χ0) is 70.7. The fourth-order valence-electron chi connectivity index (χ4n) is 11.8. The van der Waals surface area contributed by atoms with Gasteiger partial charge in [0.2, 0.25) is 0 Å². The molecule has 0 bridgehead atoms.